The zero-order valence-corrected chi connectivity index (χ0v) is 16.7. The first-order chi connectivity index (χ1) is 12.5. The minimum atomic E-state index is -0.0245. The molecular weight excluding hydrogens is 364 g/mol. The number of hydrogen-bond donors (Lipinski definition) is 0. The van der Waals surface area contributed by atoms with E-state index in [2.05, 4.69) is 26.0 Å². The quantitative estimate of drug-likeness (QED) is 0.498. The molecule has 26 heavy (non-hydrogen) atoms. The monoisotopic (exact) mass is 384 g/mol. The summed E-state index contributed by atoms with van der Waals surface area (Å²) in [4.78, 5) is 31.7. The highest BCUT2D eigenvalue weighted by Crippen LogP contribution is 2.34. The molecule has 1 aliphatic carbocycles. The van der Waals surface area contributed by atoms with Gasteiger partial charge < -0.3 is 0 Å². The molecule has 1 aliphatic rings. The van der Waals surface area contributed by atoms with Gasteiger partial charge in [-0.05, 0) is 41.9 Å². The fourth-order valence-electron chi connectivity index (χ4n) is 3.44. The summed E-state index contributed by atoms with van der Waals surface area (Å²) < 4.78 is 1.71. The van der Waals surface area contributed by atoms with Crippen LogP contribution < -0.4 is 5.56 Å². The van der Waals surface area contributed by atoms with Crippen molar-refractivity contribution in [3.63, 3.8) is 0 Å². The molecule has 0 radical (unpaired) electrons. The van der Waals surface area contributed by atoms with Crippen molar-refractivity contribution in [1.29, 1.82) is 0 Å². The maximum Gasteiger partial charge on any atom is 0.267 e. The van der Waals surface area contributed by atoms with Crippen LogP contribution in [0.2, 0.25) is 0 Å². The molecule has 0 atom stereocenters. The maximum absolute atomic E-state index is 13.4. The van der Waals surface area contributed by atoms with Gasteiger partial charge in [0.25, 0.3) is 5.56 Å². The number of thiophene rings is 1. The molecule has 1 aromatic carbocycles. The Kier molecular flexibility index (Phi) is 4.49. The van der Waals surface area contributed by atoms with Crippen molar-refractivity contribution >= 4 is 39.1 Å². The predicted octanol–water partition coefficient (Wildman–Crippen LogP) is 4.35. The van der Waals surface area contributed by atoms with E-state index < -0.39 is 0 Å². The van der Waals surface area contributed by atoms with Crippen LogP contribution in [0.3, 0.4) is 0 Å². The van der Waals surface area contributed by atoms with Crippen LogP contribution in [0.1, 0.15) is 42.2 Å². The van der Waals surface area contributed by atoms with E-state index in [1.54, 1.807) is 4.57 Å². The standard InChI is InChI=1S/C20H20N2O2S2/c1-11(2)12-4-6-13(7-5-12)22-19(24)17-15-9-8-14(23)10-16(15)26-18(17)21-20(22)25-3/h4-7,11H,8-10H2,1-3H3. The van der Waals surface area contributed by atoms with Crippen molar-refractivity contribution in [1.82, 2.24) is 9.55 Å². The van der Waals surface area contributed by atoms with E-state index in [4.69, 9.17) is 4.98 Å². The van der Waals surface area contributed by atoms with Crippen LogP contribution in [-0.2, 0) is 17.6 Å². The van der Waals surface area contributed by atoms with Crippen LogP contribution in [0.25, 0.3) is 15.9 Å². The third-order valence-corrected chi connectivity index (χ3v) is 6.65. The number of ketones is 1. The highest BCUT2D eigenvalue weighted by molar-refractivity contribution is 7.98. The molecule has 0 spiro atoms. The summed E-state index contributed by atoms with van der Waals surface area (Å²) in [5.74, 6) is 0.696. The average molecular weight is 385 g/mol. The number of fused-ring (bicyclic) bond motifs is 3. The number of nitrogens with zero attached hydrogens (tertiary/aromatic N) is 2. The Bertz CT molecular complexity index is 1060. The van der Waals surface area contributed by atoms with E-state index in [1.165, 1.54) is 28.7 Å². The Morgan fingerprint density at radius 2 is 1.88 bits per heavy atom. The molecule has 0 amide bonds. The second-order valence-electron chi connectivity index (χ2n) is 6.88. The topological polar surface area (TPSA) is 52.0 Å². The number of benzene rings is 1. The Morgan fingerprint density at radius 3 is 2.54 bits per heavy atom. The number of Topliss-reactive ketones (excluding diaryl/α,β-unsaturated/α-hetero) is 1. The van der Waals surface area contributed by atoms with Gasteiger partial charge in [-0.15, -0.1) is 11.3 Å². The second kappa shape index (κ2) is 6.67. The van der Waals surface area contributed by atoms with Crippen molar-refractivity contribution in [2.45, 2.75) is 44.2 Å². The van der Waals surface area contributed by atoms with Gasteiger partial charge >= 0.3 is 0 Å². The van der Waals surface area contributed by atoms with Crippen LogP contribution in [0.4, 0.5) is 0 Å². The minimum absolute atomic E-state index is 0.0245. The normalized spacial score (nSPS) is 14.2. The van der Waals surface area contributed by atoms with Crippen LogP contribution in [0, 0.1) is 0 Å². The van der Waals surface area contributed by atoms with Crippen molar-refractivity contribution in [2.75, 3.05) is 6.26 Å². The summed E-state index contributed by atoms with van der Waals surface area (Å²) in [6.45, 7) is 4.31. The van der Waals surface area contributed by atoms with Crippen molar-refractivity contribution in [3.05, 3.63) is 50.6 Å². The summed E-state index contributed by atoms with van der Waals surface area (Å²) in [5, 5.41) is 1.38. The lowest BCUT2D eigenvalue weighted by Crippen LogP contribution is -2.22. The van der Waals surface area contributed by atoms with E-state index >= 15 is 0 Å². The largest absolute Gasteiger partial charge is 0.299 e. The molecule has 2 heterocycles. The molecule has 4 nitrogen and oxygen atoms in total. The van der Waals surface area contributed by atoms with Gasteiger partial charge in [0, 0.05) is 17.7 Å². The first-order valence-electron chi connectivity index (χ1n) is 8.73. The van der Waals surface area contributed by atoms with E-state index in [0.717, 1.165) is 21.0 Å². The number of hydrogen-bond acceptors (Lipinski definition) is 5. The third kappa shape index (κ3) is 2.81. The predicted molar refractivity (Wildman–Crippen MR) is 108 cm³/mol. The molecule has 2 aromatic heterocycles. The molecular formula is C20H20N2O2S2. The van der Waals surface area contributed by atoms with E-state index in [9.17, 15) is 9.59 Å². The number of thioether (sulfide) groups is 1. The Balaban J connectivity index is 1.95. The molecule has 0 aliphatic heterocycles. The van der Waals surface area contributed by atoms with Crippen LogP contribution in [0.15, 0.2) is 34.2 Å². The number of carbonyl (C=O) groups excluding carboxylic acids is 1. The smallest absolute Gasteiger partial charge is 0.267 e. The first-order valence-corrected chi connectivity index (χ1v) is 10.8. The number of aromatic nitrogens is 2. The van der Waals surface area contributed by atoms with Crippen LogP contribution in [0.5, 0.6) is 0 Å². The minimum Gasteiger partial charge on any atom is -0.299 e. The number of rotatable bonds is 3. The number of aryl methyl sites for hydroxylation is 1. The summed E-state index contributed by atoms with van der Waals surface area (Å²) >= 11 is 2.97. The molecule has 0 bridgehead atoms. The van der Waals surface area contributed by atoms with Gasteiger partial charge in [0.2, 0.25) is 0 Å². The molecule has 4 rings (SSSR count). The summed E-state index contributed by atoms with van der Waals surface area (Å²) in [6.07, 6.45) is 3.54. The molecule has 6 heteroatoms. The van der Waals surface area contributed by atoms with Gasteiger partial charge in [0.1, 0.15) is 10.6 Å². The molecule has 0 N–H and O–H groups in total. The highest BCUT2D eigenvalue weighted by Gasteiger charge is 2.25. The molecule has 134 valence electrons. The summed E-state index contributed by atoms with van der Waals surface area (Å²) in [6, 6.07) is 8.13. The Morgan fingerprint density at radius 1 is 1.15 bits per heavy atom. The van der Waals surface area contributed by atoms with Crippen LogP contribution in [-0.4, -0.2) is 21.6 Å². The molecule has 0 unspecified atom stereocenters. The average Bonchev–Trinajstić information content (AvgIpc) is 2.99. The fraction of sp³-hybridized carbons (Fsp3) is 0.350. The van der Waals surface area contributed by atoms with Crippen molar-refractivity contribution in [2.24, 2.45) is 0 Å². The third-order valence-electron chi connectivity index (χ3n) is 4.89. The molecule has 0 saturated heterocycles. The van der Waals surface area contributed by atoms with Gasteiger partial charge in [0.15, 0.2) is 5.16 Å². The molecule has 3 aromatic rings. The van der Waals surface area contributed by atoms with E-state index in [1.807, 2.05) is 18.4 Å². The lowest BCUT2D eigenvalue weighted by molar-refractivity contribution is -0.118. The van der Waals surface area contributed by atoms with Gasteiger partial charge in [-0.1, -0.05) is 37.7 Å². The summed E-state index contributed by atoms with van der Waals surface area (Å²) in [7, 11) is 0. The van der Waals surface area contributed by atoms with Gasteiger partial charge in [-0.3, -0.25) is 14.2 Å². The van der Waals surface area contributed by atoms with Gasteiger partial charge in [0.05, 0.1) is 11.1 Å². The van der Waals surface area contributed by atoms with Gasteiger partial charge in [-0.25, -0.2) is 4.98 Å². The van der Waals surface area contributed by atoms with Gasteiger partial charge in [-0.2, -0.15) is 0 Å². The van der Waals surface area contributed by atoms with E-state index in [-0.39, 0.29) is 11.3 Å². The zero-order chi connectivity index (χ0) is 18.4. The molecule has 0 fully saturated rings. The Labute approximate surface area is 160 Å². The lowest BCUT2D eigenvalue weighted by atomic mass is 9.96. The molecule has 0 saturated carbocycles. The lowest BCUT2D eigenvalue weighted by Gasteiger charge is -2.13. The number of carbonyl (C=O) groups is 1. The van der Waals surface area contributed by atoms with Crippen molar-refractivity contribution in [3.8, 4) is 5.69 Å². The summed E-state index contributed by atoms with van der Waals surface area (Å²) in [5.41, 5.74) is 3.09. The first kappa shape index (κ1) is 17.5. The second-order valence-corrected chi connectivity index (χ2v) is 8.74. The zero-order valence-electron chi connectivity index (χ0n) is 15.0. The van der Waals surface area contributed by atoms with Crippen molar-refractivity contribution < 1.29 is 4.79 Å². The highest BCUT2D eigenvalue weighted by atomic mass is 32.2. The fourth-order valence-corrected chi connectivity index (χ4v) is 5.29. The SMILES string of the molecule is CSc1nc2sc3c(c2c(=O)n1-c1ccc(C(C)C)cc1)CCC(=O)C3. The van der Waals surface area contributed by atoms with Crippen LogP contribution >= 0.6 is 23.1 Å². The van der Waals surface area contributed by atoms with E-state index in [0.29, 0.717) is 35.7 Å². The maximum atomic E-state index is 13.4. The Hall–Kier alpha value is -1.92.